The molecule has 0 aromatic carbocycles. The molecule has 3 rings (SSSR count). The number of hydrogen-bond acceptors (Lipinski definition) is 4. The Labute approximate surface area is 114 Å². The Kier molecular flexibility index (Phi) is 3.34. The summed E-state index contributed by atoms with van der Waals surface area (Å²) in [5.41, 5.74) is 1.08. The molecule has 1 amide bonds. The van der Waals surface area contributed by atoms with E-state index in [9.17, 15) is 4.79 Å². The number of rotatable bonds is 3. The molecule has 1 fully saturated rings. The lowest BCUT2D eigenvalue weighted by Gasteiger charge is -2.22. The fourth-order valence-corrected chi connectivity index (χ4v) is 4.15. The molecule has 1 atom stereocenters. The minimum absolute atomic E-state index is 0.165. The predicted octanol–water partition coefficient (Wildman–Crippen LogP) is 2.92. The van der Waals surface area contributed by atoms with Crippen LogP contribution in [0.15, 0.2) is 42.0 Å². The number of thiophene rings is 1. The van der Waals surface area contributed by atoms with Crippen molar-refractivity contribution >= 4 is 29.0 Å². The highest BCUT2D eigenvalue weighted by Gasteiger charge is 2.33. The first kappa shape index (κ1) is 11.7. The number of carbonyl (C=O) groups is 1. The Hall–Kier alpha value is -1.33. The number of nitrogens with zero attached hydrogens (tertiary/aromatic N) is 2. The van der Waals surface area contributed by atoms with Gasteiger partial charge in [-0.2, -0.15) is 0 Å². The molecule has 2 aromatic heterocycles. The van der Waals surface area contributed by atoms with Crippen LogP contribution in [0.4, 0.5) is 0 Å². The molecule has 0 radical (unpaired) electrons. The molecule has 1 aliphatic heterocycles. The zero-order valence-corrected chi connectivity index (χ0v) is 11.3. The Morgan fingerprint density at radius 3 is 3.06 bits per heavy atom. The van der Waals surface area contributed by atoms with Gasteiger partial charge in [0.05, 0.1) is 5.75 Å². The van der Waals surface area contributed by atoms with Crippen molar-refractivity contribution in [3.63, 3.8) is 0 Å². The molecule has 1 aliphatic rings. The van der Waals surface area contributed by atoms with E-state index in [0.717, 1.165) is 5.56 Å². The summed E-state index contributed by atoms with van der Waals surface area (Å²) in [6, 6.07) is 8.04. The van der Waals surface area contributed by atoms with Gasteiger partial charge in [0, 0.05) is 23.8 Å². The molecular weight excluding hydrogens is 264 g/mol. The van der Waals surface area contributed by atoms with Gasteiger partial charge in [0.1, 0.15) is 5.37 Å². The Morgan fingerprint density at radius 2 is 2.33 bits per heavy atom. The van der Waals surface area contributed by atoms with Gasteiger partial charge in [-0.15, -0.1) is 23.1 Å². The maximum Gasteiger partial charge on any atom is 0.234 e. The minimum atomic E-state index is 0.165. The van der Waals surface area contributed by atoms with Crippen LogP contribution in [-0.2, 0) is 11.3 Å². The van der Waals surface area contributed by atoms with Crippen molar-refractivity contribution in [2.24, 2.45) is 0 Å². The van der Waals surface area contributed by atoms with Crippen LogP contribution in [0.5, 0.6) is 0 Å². The number of pyridine rings is 1. The van der Waals surface area contributed by atoms with Crippen LogP contribution >= 0.6 is 23.1 Å². The molecule has 1 saturated heterocycles. The van der Waals surface area contributed by atoms with Gasteiger partial charge in [-0.05, 0) is 23.1 Å². The number of amides is 1. The van der Waals surface area contributed by atoms with E-state index in [1.807, 2.05) is 29.3 Å². The second kappa shape index (κ2) is 5.12. The van der Waals surface area contributed by atoms with Crippen molar-refractivity contribution in [1.29, 1.82) is 0 Å². The average Bonchev–Trinajstić information content (AvgIpc) is 3.02. The highest BCUT2D eigenvalue weighted by atomic mass is 32.2. The van der Waals surface area contributed by atoms with Gasteiger partial charge in [0.2, 0.25) is 5.91 Å². The summed E-state index contributed by atoms with van der Waals surface area (Å²) < 4.78 is 0. The topological polar surface area (TPSA) is 33.2 Å². The second-order valence-electron chi connectivity index (χ2n) is 4.06. The SMILES string of the molecule is O=C1CS[C@@H](c2cccs2)N1Cc1cccnc1. The van der Waals surface area contributed by atoms with Gasteiger partial charge in [-0.1, -0.05) is 12.1 Å². The van der Waals surface area contributed by atoms with Crippen molar-refractivity contribution in [3.8, 4) is 0 Å². The van der Waals surface area contributed by atoms with Gasteiger partial charge in [-0.25, -0.2) is 0 Å². The summed E-state index contributed by atoms with van der Waals surface area (Å²) in [7, 11) is 0. The first-order chi connectivity index (χ1) is 8.84. The van der Waals surface area contributed by atoms with Crippen LogP contribution in [0.25, 0.3) is 0 Å². The maximum atomic E-state index is 12.0. The van der Waals surface area contributed by atoms with Crippen molar-refractivity contribution in [2.75, 3.05) is 5.75 Å². The molecule has 0 saturated carbocycles. The van der Waals surface area contributed by atoms with E-state index < -0.39 is 0 Å². The maximum absolute atomic E-state index is 12.0. The number of hydrogen-bond donors (Lipinski definition) is 0. The minimum Gasteiger partial charge on any atom is -0.321 e. The number of thioether (sulfide) groups is 1. The summed E-state index contributed by atoms with van der Waals surface area (Å²) in [5, 5.41) is 2.22. The lowest BCUT2D eigenvalue weighted by molar-refractivity contribution is -0.128. The monoisotopic (exact) mass is 276 g/mol. The first-order valence-electron chi connectivity index (χ1n) is 5.68. The van der Waals surface area contributed by atoms with Crippen LogP contribution in [-0.4, -0.2) is 21.5 Å². The van der Waals surface area contributed by atoms with Crippen LogP contribution < -0.4 is 0 Å². The molecule has 18 heavy (non-hydrogen) atoms. The molecule has 3 heterocycles. The van der Waals surface area contributed by atoms with E-state index in [1.165, 1.54) is 4.88 Å². The smallest absolute Gasteiger partial charge is 0.234 e. The van der Waals surface area contributed by atoms with Crippen LogP contribution in [0, 0.1) is 0 Å². The standard InChI is InChI=1S/C13H12N2OS2/c16-12-9-18-13(11-4-2-6-17-11)15(12)8-10-3-1-5-14-7-10/h1-7,13H,8-9H2/t13-/m0/s1. The summed E-state index contributed by atoms with van der Waals surface area (Å²) in [6.45, 7) is 0.641. The predicted molar refractivity (Wildman–Crippen MR) is 74.3 cm³/mol. The number of aromatic nitrogens is 1. The third-order valence-corrected chi connectivity index (χ3v) is 5.14. The zero-order chi connectivity index (χ0) is 12.4. The van der Waals surface area contributed by atoms with Crippen molar-refractivity contribution in [3.05, 3.63) is 52.5 Å². The number of carbonyl (C=O) groups excluding carboxylic acids is 1. The fourth-order valence-electron chi connectivity index (χ4n) is 1.98. The first-order valence-corrected chi connectivity index (χ1v) is 7.61. The Bertz CT molecular complexity index is 527. The molecule has 0 unspecified atom stereocenters. The summed E-state index contributed by atoms with van der Waals surface area (Å²) >= 11 is 3.41. The molecule has 92 valence electrons. The molecule has 2 aromatic rings. The van der Waals surface area contributed by atoms with E-state index in [-0.39, 0.29) is 11.3 Å². The lowest BCUT2D eigenvalue weighted by atomic mass is 10.2. The van der Waals surface area contributed by atoms with E-state index in [0.29, 0.717) is 12.3 Å². The molecular formula is C13H12N2OS2. The molecule has 0 bridgehead atoms. The molecule has 3 nitrogen and oxygen atoms in total. The van der Waals surface area contributed by atoms with E-state index in [4.69, 9.17) is 0 Å². The van der Waals surface area contributed by atoms with Gasteiger partial charge in [0.15, 0.2) is 0 Å². The molecule has 0 spiro atoms. The lowest BCUT2D eigenvalue weighted by Crippen LogP contribution is -2.27. The van der Waals surface area contributed by atoms with E-state index in [1.54, 1.807) is 29.3 Å². The largest absolute Gasteiger partial charge is 0.321 e. The van der Waals surface area contributed by atoms with E-state index >= 15 is 0 Å². The Balaban J connectivity index is 1.82. The summed E-state index contributed by atoms with van der Waals surface area (Å²) in [5.74, 6) is 0.783. The highest BCUT2D eigenvalue weighted by molar-refractivity contribution is 8.00. The Morgan fingerprint density at radius 1 is 1.39 bits per heavy atom. The van der Waals surface area contributed by atoms with E-state index in [2.05, 4.69) is 16.4 Å². The summed E-state index contributed by atoms with van der Waals surface area (Å²) in [4.78, 5) is 19.3. The third kappa shape index (κ3) is 2.28. The van der Waals surface area contributed by atoms with Crippen molar-refractivity contribution < 1.29 is 4.79 Å². The van der Waals surface area contributed by atoms with Gasteiger partial charge < -0.3 is 4.90 Å². The molecule has 0 aliphatic carbocycles. The third-order valence-electron chi connectivity index (χ3n) is 2.83. The van der Waals surface area contributed by atoms with Crippen molar-refractivity contribution in [2.45, 2.75) is 11.9 Å². The zero-order valence-electron chi connectivity index (χ0n) is 9.65. The van der Waals surface area contributed by atoms with Crippen LogP contribution in [0.3, 0.4) is 0 Å². The van der Waals surface area contributed by atoms with Crippen LogP contribution in [0.2, 0.25) is 0 Å². The van der Waals surface area contributed by atoms with Crippen molar-refractivity contribution in [1.82, 2.24) is 9.88 Å². The average molecular weight is 276 g/mol. The quantitative estimate of drug-likeness (QED) is 0.864. The fraction of sp³-hybridized carbons (Fsp3) is 0.231. The van der Waals surface area contributed by atoms with Gasteiger partial charge >= 0.3 is 0 Å². The highest BCUT2D eigenvalue weighted by Crippen LogP contribution is 2.41. The van der Waals surface area contributed by atoms with Crippen LogP contribution in [0.1, 0.15) is 15.8 Å². The molecule has 5 heteroatoms. The summed E-state index contributed by atoms with van der Waals surface area (Å²) in [6.07, 6.45) is 3.57. The normalized spacial score (nSPS) is 19.4. The van der Waals surface area contributed by atoms with Gasteiger partial charge in [-0.3, -0.25) is 9.78 Å². The second-order valence-corrected chi connectivity index (χ2v) is 6.11. The van der Waals surface area contributed by atoms with Gasteiger partial charge in [0.25, 0.3) is 0 Å². The molecule has 0 N–H and O–H groups in total.